The van der Waals surface area contributed by atoms with Crippen molar-refractivity contribution in [2.45, 2.75) is 0 Å². The maximum atomic E-state index is 10.9. The van der Waals surface area contributed by atoms with Crippen LogP contribution >= 0.6 is 11.3 Å². The molecule has 4 nitrogen and oxygen atoms in total. The molecule has 0 bridgehead atoms. The number of methoxy groups -OCH3 is 2. The number of ether oxygens (including phenoxy) is 2. The number of benzene rings is 1. The van der Waals surface area contributed by atoms with Crippen molar-refractivity contribution in [2.75, 3.05) is 14.2 Å². The van der Waals surface area contributed by atoms with Gasteiger partial charge in [0.1, 0.15) is 4.88 Å². The Morgan fingerprint density at radius 1 is 1.17 bits per heavy atom. The number of para-hydroxylation sites is 1. The molecule has 0 aliphatic heterocycles. The van der Waals surface area contributed by atoms with Crippen LogP contribution in [0.2, 0.25) is 0 Å². The highest BCUT2D eigenvalue weighted by atomic mass is 32.1. The first-order valence-electron chi connectivity index (χ1n) is 5.22. The SMILES string of the molecule is COc1cccc(-c2ccc(C(=O)O)s2)c1OC. The molecule has 1 N–H and O–H groups in total. The van der Waals surface area contributed by atoms with Crippen LogP contribution in [-0.2, 0) is 0 Å². The first kappa shape index (κ1) is 12.4. The third kappa shape index (κ3) is 2.17. The number of hydrogen-bond donors (Lipinski definition) is 1. The van der Waals surface area contributed by atoms with Crippen LogP contribution in [0.5, 0.6) is 11.5 Å². The molecular weight excluding hydrogens is 252 g/mol. The summed E-state index contributed by atoms with van der Waals surface area (Å²) in [6, 6.07) is 8.87. The number of hydrogen-bond acceptors (Lipinski definition) is 4. The third-order valence-electron chi connectivity index (χ3n) is 2.49. The van der Waals surface area contributed by atoms with Crippen molar-refractivity contribution in [3.05, 3.63) is 35.2 Å². The van der Waals surface area contributed by atoms with E-state index >= 15 is 0 Å². The fraction of sp³-hybridized carbons (Fsp3) is 0.154. The van der Waals surface area contributed by atoms with E-state index in [1.165, 1.54) is 11.3 Å². The first-order valence-corrected chi connectivity index (χ1v) is 6.03. The third-order valence-corrected chi connectivity index (χ3v) is 3.59. The van der Waals surface area contributed by atoms with Gasteiger partial charge in [0.2, 0.25) is 0 Å². The van der Waals surface area contributed by atoms with Gasteiger partial charge in [0.05, 0.1) is 14.2 Å². The van der Waals surface area contributed by atoms with Gasteiger partial charge in [-0.05, 0) is 24.3 Å². The van der Waals surface area contributed by atoms with Crippen molar-refractivity contribution >= 4 is 17.3 Å². The average Bonchev–Trinajstić information content (AvgIpc) is 2.87. The van der Waals surface area contributed by atoms with Crippen molar-refractivity contribution in [1.82, 2.24) is 0 Å². The minimum Gasteiger partial charge on any atom is -0.493 e. The van der Waals surface area contributed by atoms with Gasteiger partial charge in [-0.1, -0.05) is 6.07 Å². The van der Waals surface area contributed by atoms with Crippen molar-refractivity contribution < 1.29 is 19.4 Å². The lowest BCUT2D eigenvalue weighted by Gasteiger charge is -2.11. The van der Waals surface area contributed by atoms with E-state index in [1.54, 1.807) is 32.4 Å². The molecule has 18 heavy (non-hydrogen) atoms. The first-order chi connectivity index (χ1) is 8.67. The van der Waals surface area contributed by atoms with E-state index in [-0.39, 0.29) is 0 Å². The van der Waals surface area contributed by atoms with Gasteiger partial charge in [-0.2, -0.15) is 0 Å². The van der Waals surface area contributed by atoms with Crippen molar-refractivity contribution in [1.29, 1.82) is 0 Å². The molecule has 0 saturated carbocycles. The topological polar surface area (TPSA) is 55.8 Å². The van der Waals surface area contributed by atoms with E-state index in [0.717, 1.165) is 10.4 Å². The second-order valence-corrected chi connectivity index (χ2v) is 4.59. The van der Waals surface area contributed by atoms with E-state index in [4.69, 9.17) is 14.6 Å². The van der Waals surface area contributed by atoms with E-state index in [9.17, 15) is 4.79 Å². The molecule has 2 aromatic rings. The summed E-state index contributed by atoms with van der Waals surface area (Å²) in [5.41, 5.74) is 0.828. The Balaban J connectivity index is 2.52. The lowest BCUT2D eigenvalue weighted by Crippen LogP contribution is -1.92. The van der Waals surface area contributed by atoms with E-state index < -0.39 is 5.97 Å². The van der Waals surface area contributed by atoms with E-state index in [1.807, 2.05) is 12.1 Å². The molecule has 1 aromatic carbocycles. The number of carboxylic acid groups (broad SMARTS) is 1. The van der Waals surface area contributed by atoms with Crippen molar-refractivity contribution in [3.63, 3.8) is 0 Å². The van der Waals surface area contributed by atoms with Crippen LogP contribution in [0, 0.1) is 0 Å². The van der Waals surface area contributed by atoms with Gasteiger partial charge in [-0.3, -0.25) is 0 Å². The van der Waals surface area contributed by atoms with E-state index in [0.29, 0.717) is 16.4 Å². The smallest absolute Gasteiger partial charge is 0.345 e. The zero-order valence-corrected chi connectivity index (χ0v) is 10.8. The minimum absolute atomic E-state index is 0.301. The van der Waals surface area contributed by atoms with Crippen LogP contribution in [-0.4, -0.2) is 25.3 Å². The highest BCUT2D eigenvalue weighted by Crippen LogP contribution is 2.40. The lowest BCUT2D eigenvalue weighted by atomic mass is 10.1. The highest BCUT2D eigenvalue weighted by molar-refractivity contribution is 7.17. The summed E-state index contributed by atoms with van der Waals surface area (Å²) >= 11 is 1.21. The predicted molar refractivity (Wildman–Crippen MR) is 69.8 cm³/mol. The summed E-state index contributed by atoms with van der Waals surface area (Å²) in [5.74, 6) is 0.312. The molecule has 1 aromatic heterocycles. The summed E-state index contributed by atoms with van der Waals surface area (Å²) in [6.07, 6.45) is 0. The maximum absolute atomic E-state index is 10.9. The largest absolute Gasteiger partial charge is 0.493 e. The van der Waals surface area contributed by atoms with Gasteiger partial charge in [-0.15, -0.1) is 11.3 Å². The molecule has 0 unspecified atom stereocenters. The number of carbonyl (C=O) groups is 1. The molecular formula is C13H12O4S. The fourth-order valence-corrected chi connectivity index (χ4v) is 2.55. The Hall–Kier alpha value is -2.01. The van der Waals surface area contributed by atoms with Crippen LogP contribution < -0.4 is 9.47 Å². The number of carboxylic acids is 1. The normalized spacial score (nSPS) is 10.1. The minimum atomic E-state index is -0.923. The molecule has 94 valence electrons. The van der Waals surface area contributed by atoms with Gasteiger partial charge in [0.25, 0.3) is 0 Å². The average molecular weight is 264 g/mol. The second kappa shape index (κ2) is 5.10. The Bertz CT molecular complexity index is 574. The molecule has 0 amide bonds. The quantitative estimate of drug-likeness (QED) is 0.921. The summed E-state index contributed by atoms with van der Waals surface area (Å²) in [7, 11) is 3.13. The molecule has 0 atom stereocenters. The van der Waals surface area contributed by atoms with Crippen molar-refractivity contribution in [2.24, 2.45) is 0 Å². The molecule has 0 radical (unpaired) electrons. The maximum Gasteiger partial charge on any atom is 0.345 e. The zero-order chi connectivity index (χ0) is 13.1. The van der Waals surface area contributed by atoms with Crippen LogP contribution in [0.1, 0.15) is 9.67 Å². The van der Waals surface area contributed by atoms with Gasteiger partial charge in [0.15, 0.2) is 11.5 Å². The zero-order valence-electron chi connectivity index (χ0n) is 9.97. The highest BCUT2D eigenvalue weighted by Gasteiger charge is 2.14. The molecule has 0 saturated heterocycles. The van der Waals surface area contributed by atoms with Gasteiger partial charge in [-0.25, -0.2) is 4.79 Å². The number of aromatic carboxylic acids is 1. The Labute approximate surface area is 108 Å². The molecule has 1 heterocycles. The molecule has 5 heteroatoms. The van der Waals surface area contributed by atoms with Gasteiger partial charge < -0.3 is 14.6 Å². The van der Waals surface area contributed by atoms with Gasteiger partial charge in [0, 0.05) is 10.4 Å². The number of rotatable bonds is 4. The fourth-order valence-electron chi connectivity index (χ4n) is 1.68. The van der Waals surface area contributed by atoms with E-state index in [2.05, 4.69) is 0 Å². The Kier molecular flexibility index (Phi) is 3.53. The Morgan fingerprint density at radius 2 is 1.94 bits per heavy atom. The standard InChI is InChI=1S/C13H12O4S/c1-16-9-5-3-4-8(12(9)17-2)10-6-7-11(18-10)13(14)15/h3-7H,1-2H3,(H,14,15). The summed E-state index contributed by atoms with van der Waals surface area (Å²) in [6.45, 7) is 0. The van der Waals surface area contributed by atoms with Crippen molar-refractivity contribution in [3.8, 4) is 21.9 Å². The van der Waals surface area contributed by atoms with Crippen LogP contribution in [0.15, 0.2) is 30.3 Å². The van der Waals surface area contributed by atoms with Crippen LogP contribution in [0.3, 0.4) is 0 Å². The van der Waals surface area contributed by atoms with Crippen LogP contribution in [0.4, 0.5) is 0 Å². The molecule has 2 rings (SSSR count). The monoisotopic (exact) mass is 264 g/mol. The van der Waals surface area contributed by atoms with Crippen LogP contribution in [0.25, 0.3) is 10.4 Å². The lowest BCUT2D eigenvalue weighted by molar-refractivity contribution is 0.0702. The predicted octanol–water partition coefficient (Wildman–Crippen LogP) is 3.13. The summed E-state index contributed by atoms with van der Waals surface area (Å²) in [4.78, 5) is 12.0. The molecule has 0 spiro atoms. The summed E-state index contributed by atoms with van der Waals surface area (Å²) < 4.78 is 10.5. The molecule has 0 aliphatic carbocycles. The molecule has 0 aliphatic rings. The summed E-state index contributed by atoms with van der Waals surface area (Å²) in [5, 5.41) is 8.93. The molecule has 0 fully saturated rings. The second-order valence-electron chi connectivity index (χ2n) is 3.51. The Morgan fingerprint density at radius 3 is 2.50 bits per heavy atom. The number of thiophene rings is 1. The van der Waals surface area contributed by atoms with Gasteiger partial charge >= 0.3 is 5.97 Å².